The first-order chi connectivity index (χ1) is 11.0. The van der Waals surface area contributed by atoms with Crippen LogP contribution in [0.1, 0.15) is 31.2 Å². The van der Waals surface area contributed by atoms with Gasteiger partial charge in [0.15, 0.2) is 0 Å². The lowest BCUT2D eigenvalue weighted by Gasteiger charge is -2.28. The summed E-state index contributed by atoms with van der Waals surface area (Å²) in [7, 11) is 1.26. The van der Waals surface area contributed by atoms with E-state index in [0.717, 1.165) is 0 Å². The Bertz CT molecular complexity index is 585. The summed E-state index contributed by atoms with van der Waals surface area (Å²) in [6, 6.07) is 4.77. The lowest BCUT2D eigenvalue weighted by molar-refractivity contribution is -0.147. The third kappa shape index (κ3) is 4.87. The summed E-state index contributed by atoms with van der Waals surface area (Å²) in [6.45, 7) is 0. The maximum Gasteiger partial charge on any atom is 0.328 e. The molecule has 5 nitrogen and oxygen atoms in total. The largest absolute Gasteiger partial charge is 0.467 e. The summed E-state index contributed by atoms with van der Waals surface area (Å²) in [5.74, 6) is -1.41. The number of carbonyl (C=O) groups is 3. The number of hydrogen-bond donors (Lipinski definition) is 1. The highest BCUT2D eigenvalue weighted by atomic mass is 19.1. The highest BCUT2D eigenvalue weighted by Crippen LogP contribution is 2.25. The average molecular weight is 321 g/mol. The molecule has 1 aliphatic rings. The van der Waals surface area contributed by atoms with Crippen LogP contribution in [0.2, 0.25) is 0 Å². The zero-order valence-corrected chi connectivity index (χ0v) is 13.0. The van der Waals surface area contributed by atoms with Crippen LogP contribution < -0.4 is 5.32 Å². The Morgan fingerprint density at radius 2 is 2.04 bits per heavy atom. The van der Waals surface area contributed by atoms with E-state index >= 15 is 0 Å². The highest BCUT2D eigenvalue weighted by molar-refractivity contribution is 5.87. The lowest BCUT2D eigenvalue weighted by atomic mass is 9.83. The number of ether oxygens (including phenoxy) is 1. The third-order valence-electron chi connectivity index (χ3n) is 4.04. The zero-order chi connectivity index (χ0) is 16.8. The number of Topliss-reactive ketones (excluding diaryl/α,β-unsaturated/α-hetero) is 1. The molecule has 23 heavy (non-hydrogen) atoms. The van der Waals surface area contributed by atoms with E-state index in [2.05, 4.69) is 5.32 Å². The molecule has 2 rings (SSSR count). The molecule has 2 atom stereocenters. The summed E-state index contributed by atoms with van der Waals surface area (Å²) < 4.78 is 17.6. The van der Waals surface area contributed by atoms with E-state index < -0.39 is 12.0 Å². The van der Waals surface area contributed by atoms with Gasteiger partial charge in [0.05, 0.1) is 13.5 Å². The topological polar surface area (TPSA) is 72.5 Å². The van der Waals surface area contributed by atoms with Crippen molar-refractivity contribution >= 4 is 17.7 Å². The van der Waals surface area contributed by atoms with Gasteiger partial charge in [-0.2, -0.15) is 0 Å². The van der Waals surface area contributed by atoms with Crippen molar-refractivity contribution < 1.29 is 23.5 Å². The summed E-state index contributed by atoms with van der Waals surface area (Å²) >= 11 is 0. The minimum absolute atomic E-state index is 0.0362. The van der Waals surface area contributed by atoms with Gasteiger partial charge in [0.1, 0.15) is 17.6 Å². The number of ketones is 1. The fraction of sp³-hybridized carbons (Fsp3) is 0.471. The van der Waals surface area contributed by atoms with Crippen molar-refractivity contribution in [1.82, 2.24) is 5.32 Å². The molecule has 0 radical (unpaired) electrons. The number of halogens is 1. The standard InChI is InChI=1S/C17H20FNO4/c1-23-17(22)16(12-3-2-4-14(20)10-12)19-15(21)9-11-5-7-13(18)8-6-11/h5-8,12,16H,2-4,9-10H2,1H3,(H,19,21)/t12-,16-/m0/s1. The lowest BCUT2D eigenvalue weighted by Crippen LogP contribution is -2.48. The van der Waals surface area contributed by atoms with Crippen LogP contribution >= 0.6 is 0 Å². The first-order valence-corrected chi connectivity index (χ1v) is 7.63. The van der Waals surface area contributed by atoms with E-state index in [4.69, 9.17) is 4.74 Å². The van der Waals surface area contributed by atoms with Crippen molar-refractivity contribution in [3.63, 3.8) is 0 Å². The predicted octanol–water partition coefficient (Wildman–Crippen LogP) is 1.79. The van der Waals surface area contributed by atoms with Crippen LogP contribution in [-0.4, -0.2) is 30.8 Å². The van der Waals surface area contributed by atoms with Crippen molar-refractivity contribution in [2.45, 2.75) is 38.1 Å². The minimum Gasteiger partial charge on any atom is -0.467 e. The molecule has 0 bridgehead atoms. The number of benzene rings is 1. The normalized spacial score (nSPS) is 19.0. The molecular weight excluding hydrogens is 301 g/mol. The number of carbonyl (C=O) groups excluding carboxylic acids is 3. The molecule has 0 spiro atoms. The molecule has 6 heteroatoms. The molecule has 1 fully saturated rings. The molecule has 1 amide bonds. The molecule has 1 aromatic rings. The van der Waals surface area contributed by atoms with E-state index in [1.807, 2.05) is 0 Å². The maximum absolute atomic E-state index is 12.9. The fourth-order valence-corrected chi connectivity index (χ4v) is 2.85. The van der Waals surface area contributed by atoms with E-state index in [0.29, 0.717) is 24.8 Å². The summed E-state index contributed by atoms with van der Waals surface area (Å²) in [5, 5.41) is 2.66. The summed E-state index contributed by atoms with van der Waals surface area (Å²) in [4.78, 5) is 35.7. The number of esters is 1. The van der Waals surface area contributed by atoms with Crippen LogP contribution in [0.5, 0.6) is 0 Å². The van der Waals surface area contributed by atoms with Gasteiger partial charge in [-0.05, 0) is 36.5 Å². The minimum atomic E-state index is -0.822. The number of hydrogen-bond acceptors (Lipinski definition) is 4. The van der Waals surface area contributed by atoms with Crippen LogP contribution in [0, 0.1) is 11.7 Å². The molecule has 0 unspecified atom stereocenters. The van der Waals surface area contributed by atoms with Gasteiger partial charge in [0, 0.05) is 12.8 Å². The number of amides is 1. The SMILES string of the molecule is COC(=O)[C@@H](NC(=O)Cc1ccc(F)cc1)[C@H]1CCCC(=O)C1. The molecule has 124 valence electrons. The Kier molecular flexibility index (Phi) is 5.84. The van der Waals surface area contributed by atoms with Crippen LogP contribution in [0.3, 0.4) is 0 Å². The average Bonchev–Trinajstić information content (AvgIpc) is 2.54. The predicted molar refractivity (Wildman–Crippen MR) is 81.0 cm³/mol. The van der Waals surface area contributed by atoms with Crippen LogP contribution in [0.25, 0.3) is 0 Å². The Hall–Kier alpha value is -2.24. The van der Waals surface area contributed by atoms with Gasteiger partial charge in [0.25, 0.3) is 0 Å². The first-order valence-electron chi connectivity index (χ1n) is 7.63. The van der Waals surface area contributed by atoms with Crippen molar-refractivity contribution in [3.8, 4) is 0 Å². The zero-order valence-electron chi connectivity index (χ0n) is 13.0. The second kappa shape index (κ2) is 7.85. The van der Waals surface area contributed by atoms with Gasteiger partial charge < -0.3 is 10.1 Å². The first kappa shape index (κ1) is 17.1. The Morgan fingerprint density at radius 3 is 2.65 bits per heavy atom. The number of methoxy groups -OCH3 is 1. The van der Waals surface area contributed by atoms with Gasteiger partial charge in [-0.25, -0.2) is 9.18 Å². The Labute approximate surface area is 134 Å². The van der Waals surface area contributed by atoms with Gasteiger partial charge in [0.2, 0.25) is 5.91 Å². The number of rotatable bonds is 5. The van der Waals surface area contributed by atoms with Gasteiger partial charge in [-0.15, -0.1) is 0 Å². The smallest absolute Gasteiger partial charge is 0.328 e. The Morgan fingerprint density at radius 1 is 1.35 bits per heavy atom. The molecule has 1 saturated carbocycles. The second-order valence-corrected chi connectivity index (χ2v) is 5.77. The molecule has 0 heterocycles. The molecule has 0 aromatic heterocycles. The van der Waals surface area contributed by atoms with Crippen molar-refractivity contribution in [3.05, 3.63) is 35.6 Å². The second-order valence-electron chi connectivity index (χ2n) is 5.77. The van der Waals surface area contributed by atoms with E-state index in [-0.39, 0.29) is 36.3 Å². The molecule has 0 aliphatic heterocycles. The molecular formula is C17H20FNO4. The quantitative estimate of drug-likeness (QED) is 0.839. The van der Waals surface area contributed by atoms with Crippen LogP contribution in [0.15, 0.2) is 24.3 Å². The Balaban J connectivity index is 2.01. The van der Waals surface area contributed by atoms with Crippen molar-refractivity contribution in [2.24, 2.45) is 5.92 Å². The molecule has 1 aliphatic carbocycles. The summed E-state index contributed by atoms with van der Waals surface area (Å²) in [6.07, 6.45) is 2.24. The molecule has 1 N–H and O–H groups in total. The van der Waals surface area contributed by atoms with Gasteiger partial charge in [-0.1, -0.05) is 12.1 Å². The van der Waals surface area contributed by atoms with Crippen molar-refractivity contribution in [2.75, 3.05) is 7.11 Å². The van der Waals surface area contributed by atoms with Crippen LogP contribution in [-0.2, 0) is 25.5 Å². The third-order valence-corrected chi connectivity index (χ3v) is 4.04. The molecule has 1 aromatic carbocycles. The van der Waals surface area contributed by atoms with Gasteiger partial charge >= 0.3 is 5.97 Å². The maximum atomic E-state index is 12.9. The summed E-state index contributed by atoms with van der Waals surface area (Å²) in [5.41, 5.74) is 0.646. The van der Waals surface area contributed by atoms with Crippen molar-refractivity contribution in [1.29, 1.82) is 0 Å². The van der Waals surface area contributed by atoms with Gasteiger partial charge in [-0.3, -0.25) is 9.59 Å². The van der Waals surface area contributed by atoms with E-state index in [9.17, 15) is 18.8 Å². The highest BCUT2D eigenvalue weighted by Gasteiger charge is 2.34. The fourth-order valence-electron chi connectivity index (χ4n) is 2.85. The van der Waals surface area contributed by atoms with E-state index in [1.54, 1.807) is 0 Å². The van der Waals surface area contributed by atoms with Crippen LogP contribution in [0.4, 0.5) is 4.39 Å². The van der Waals surface area contributed by atoms with E-state index in [1.165, 1.54) is 31.4 Å². The molecule has 0 saturated heterocycles. The number of nitrogens with one attached hydrogen (secondary N) is 1. The monoisotopic (exact) mass is 321 g/mol.